The van der Waals surface area contributed by atoms with Crippen LogP contribution in [-0.2, 0) is 16.6 Å². The van der Waals surface area contributed by atoms with Gasteiger partial charge >= 0.3 is 0 Å². The van der Waals surface area contributed by atoms with Crippen molar-refractivity contribution in [3.8, 4) is 0 Å². The molecule has 1 aromatic rings. The first kappa shape index (κ1) is 15.4. The average molecular weight is 300 g/mol. The van der Waals surface area contributed by atoms with E-state index in [1.54, 1.807) is 13.1 Å². The molecule has 0 aliphatic carbocycles. The van der Waals surface area contributed by atoms with Gasteiger partial charge < -0.3 is 5.32 Å². The topological polar surface area (TPSA) is 49.4 Å². The summed E-state index contributed by atoms with van der Waals surface area (Å²) in [4.78, 5) is 0.102. The molecule has 1 aromatic carbocycles. The molecule has 2 rings (SSSR count). The number of sulfonamides is 1. The predicted molar refractivity (Wildman–Crippen MR) is 76.5 cm³/mol. The van der Waals surface area contributed by atoms with Gasteiger partial charge in [0.1, 0.15) is 5.82 Å². The van der Waals surface area contributed by atoms with Crippen molar-refractivity contribution in [2.24, 2.45) is 0 Å². The van der Waals surface area contributed by atoms with Crippen LogP contribution in [0.3, 0.4) is 0 Å². The molecule has 0 aromatic heterocycles. The van der Waals surface area contributed by atoms with Crippen molar-refractivity contribution >= 4 is 10.0 Å². The monoisotopic (exact) mass is 300 g/mol. The Bertz CT molecular complexity index is 581. The number of benzene rings is 1. The van der Waals surface area contributed by atoms with Gasteiger partial charge in [-0.3, -0.25) is 0 Å². The van der Waals surface area contributed by atoms with Crippen LogP contribution in [-0.4, -0.2) is 32.9 Å². The molecule has 0 spiro atoms. The van der Waals surface area contributed by atoms with Crippen LogP contribution in [0.15, 0.2) is 17.0 Å². The zero-order chi connectivity index (χ0) is 14.8. The maximum atomic E-state index is 13.9. The highest BCUT2D eigenvalue weighted by molar-refractivity contribution is 7.89. The van der Waals surface area contributed by atoms with E-state index >= 15 is 0 Å². The molecule has 0 saturated carbocycles. The summed E-state index contributed by atoms with van der Waals surface area (Å²) in [5.74, 6) is -0.465. The Labute approximate surface area is 120 Å². The van der Waals surface area contributed by atoms with Crippen LogP contribution in [0.2, 0.25) is 0 Å². The van der Waals surface area contributed by atoms with E-state index in [9.17, 15) is 12.8 Å². The standard InChI is InChI=1S/C14H21FN2O2S/c1-11-13(15)8-12(10-16-2)9-14(11)20(18,19)17-6-4-3-5-7-17/h8-9,16H,3-7,10H2,1-2H3. The molecular weight excluding hydrogens is 279 g/mol. The number of nitrogens with zero attached hydrogens (tertiary/aromatic N) is 1. The molecule has 0 unspecified atom stereocenters. The largest absolute Gasteiger partial charge is 0.316 e. The summed E-state index contributed by atoms with van der Waals surface area (Å²) in [5, 5.41) is 2.91. The molecule has 112 valence electrons. The summed E-state index contributed by atoms with van der Waals surface area (Å²) in [6.07, 6.45) is 2.80. The van der Waals surface area contributed by atoms with Crippen molar-refractivity contribution in [1.82, 2.24) is 9.62 Å². The van der Waals surface area contributed by atoms with Crippen molar-refractivity contribution in [3.05, 3.63) is 29.1 Å². The second-order valence-corrected chi connectivity index (χ2v) is 7.10. The van der Waals surface area contributed by atoms with Crippen molar-refractivity contribution in [2.75, 3.05) is 20.1 Å². The molecule has 1 fully saturated rings. The molecule has 20 heavy (non-hydrogen) atoms. The van der Waals surface area contributed by atoms with E-state index in [4.69, 9.17) is 0 Å². The SMILES string of the molecule is CNCc1cc(F)c(C)c(S(=O)(=O)N2CCCCC2)c1. The lowest BCUT2D eigenvalue weighted by Crippen LogP contribution is -2.36. The highest BCUT2D eigenvalue weighted by Crippen LogP contribution is 2.26. The minimum absolute atomic E-state index is 0.102. The van der Waals surface area contributed by atoms with Crippen molar-refractivity contribution in [2.45, 2.75) is 37.6 Å². The number of nitrogens with one attached hydrogen (secondary N) is 1. The second kappa shape index (κ2) is 6.20. The van der Waals surface area contributed by atoms with E-state index in [1.807, 2.05) is 0 Å². The third kappa shape index (κ3) is 3.02. The Kier molecular flexibility index (Phi) is 4.78. The van der Waals surface area contributed by atoms with Gasteiger partial charge in [-0.25, -0.2) is 12.8 Å². The first-order valence-corrected chi connectivity index (χ1v) is 8.34. The summed E-state index contributed by atoms with van der Waals surface area (Å²) >= 11 is 0. The van der Waals surface area contributed by atoms with E-state index in [1.165, 1.54) is 17.3 Å². The molecule has 0 atom stereocenters. The minimum atomic E-state index is -3.59. The van der Waals surface area contributed by atoms with Crippen LogP contribution >= 0.6 is 0 Å². The third-order valence-corrected chi connectivity index (χ3v) is 5.70. The van der Waals surface area contributed by atoms with Crippen molar-refractivity contribution in [1.29, 1.82) is 0 Å². The van der Waals surface area contributed by atoms with Crippen LogP contribution in [0.1, 0.15) is 30.4 Å². The van der Waals surface area contributed by atoms with Crippen LogP contribution in [0.25, 0.3) is 0 Å². The second-order valence-electron chi connectivity index (χ2n) is 5.20. The third-order valence-electron chi connectivity index (χ3n) is 3.67. The Balaban J connectivity index is 2.44. The molecule has 0 radical (unpaired) electrons. The summed E-state index contributed by atoms with van der Waals surface area (Å²) in [6.45, 7) is 3.02. The minimum Gasteiger partial charge on any atom is -0.316 e. The quantitative estimate of drug-likeness (QED) is 0.925. The summed E-state index contributed by atoms with van der Waals surface area (Å²) < 4.78 is 40.7. The van der Waals surface area contributed by atoms with Gasteiger partial charge in [0.25, 0.3) is 0 Å². The summed E-state index contributed by atoms with van der Waals surface area (Å²) in [7, 11) is -1.84. The average Bonchev–Trinajstić information content (AvgIpc) is 2.43. The van der Waals surface area contributed by atoms with E-state index in [-0.39, 0.29) is 10.5 Å². The number of hydrogen-bond donors (Lipinski definition) is 1. The fraction of sp³-hybridized carbons (Fsp3) is 0.571. The summed E-state index contributed by atoms with van der Waals surface area (Å²) in [5.41, 5.74) is 0.849. The van der Waals surface area contributed by atoms with Gasteiger partial charge in [-0.2, -0.15) is 4.31 Å². The number of halogens is 1. The Morgan fingerprint density at radius 2 is 1.90 bits per heavy atom. The Morgan fingerprint density at radius 1 is 1.25 bits per heavy atom. The van der Waals surface area contributed by atoms with Crippen molar-refractivity contribution in [3.63, 3.8) is 0 Å². The van der Waals surface area contributed by atoms with E-state index in [2.05, 4.69) is 5.32 Å². The van der Waals surface area contributed by atoms with E-state index in [0.29, 0.717) is 25.2 Å². The number of hydrogen-bond acceptors (Lipinski definition) is 3. The van der Waals surface area contributed by atoms with Gasteiger partial charge in [-0.1, -0.05) is 6.42 Å². The molecular formula is C14H21FN2O2S. The molecule has 1 saturated heterocycles. The highest BCUT2D eigenvalue weighted by Gasteiger charge is 2.28. The maximum Gasteiger partial charge on any atom is 0.243 e. The Morgan fingerprint density at radius 3 is 2.50 bits per heavy atom. The molecule has 4 nitrogen and oxygen atoms in total. The lowest BCUT2D eigenvalue weighted by atomic mass is 10.1. The fourth-order valence-electron chi connectivity index (χ4n) is 2.53. The van der Waals surface area contributed by atoms with Gasteiger partial charge in [-0.15, -0.1) is 0 Å². The highest BCUT2D eigenvalue weighted by atomic mass is 32.2. The van der Waals surface area contributed by atoms with E-state index in [0.717, 1.165) is 19.3 Å². The first-order valence-electron chi connectivity index (χ1n) is 6.90. The normalized spacial score (nSPS) is 17.4. The molecule has 0 bridgehead atoms. The zero-order valence-electron chi connectivity index (χ0n) is 11.9. The van der Waals surface area contributed by atoms with Crippen molar-refractivity contribution < 1.29 is 12.8 Å². The molecule has 0 amide bonds. The lowest BCUT2D eigenvalue weighted by Gasteiger charge is -2.26. The zero-order valence-corrected chi connectivity index (χ0v) is 12.8. The molecule has 1 heterocycles. The van der Waals surface area contributed by atoms with Gasteiger partial charge in [0.2, 0.25) is 10.0 Å². The fourth-order valence-corrected chi connectivity index (χ4v) is 4.33. The first-order chi connectivity index (χ1) is 9.46. The number of rotatable bonds is 4. The predicted octanol–water partition coefficient (Wildman–Crippen LogP) is 2.03. The van der Waals surface area contributed by atoms with Gasteiger partial charge in [0, 0.05) is 25.2 Å². The van der Waals surface area contributed by atoms with E-state index < -0.39 is 15.8 Å². The molecule has 1 aliphatic rings. The van der Waals surface area contributed by atoms with Crippen LogP contribution in [0.5, 0.6) is 0 Å². The molecule has 6 heteroatoms. The van der Waals surface area contributed by atoms with Crippen LogP contribution < -0.4 is 5.32 Å². The summed E-state index contributed by atoms with van der Waals surface area (Å²) in [6, 6.07) is 2.97. The maximum absolute atomic E-state index is 13.9. The van der Waals surface area contributed by atoms with Gasteiger partial charge in [-0.05, 0) is 44.5 Å². The lowest BCUT2D eigenvalue weighted by molar-refractivity contribution is 0.346. The molecule has 1 N–H and O–H groups in total. The van der Waals surface area contributed by atoms with Crippen LogP contribution in [0.4, 0.5) is 4.39 Å². The smallest absolute Gasteiger partial charge is 0.243 e. The van der Waals surface area contributed by atoms with Crippen LogP contribution in [0, 0.1) is 12.7 Å². The van der Waals surface area contributed by atoms with Gasteiger partial charge in [0.15, 0.2) is 0 Å². The number of piperidine rings is 1. The molecule has 1 aliphatic heterocycles. The van der Waals surface area contributed by atoms with Gasteiger partial charge in [0.05, 0.1) is 4.90 Å². The Hall–Kier alpha value is -0.980.